The number of nitrogens with zero attached hydrogens (tertiary/aromatic N) is 2. The third kappa shape index (κ3) is 3.38. The van der Waals surface area contributed by atoms with E-state index in [1.54, 1.807) is 18.2 Å². The normalized spacial score (nSPS) is 14.4. The molecule has 0 aromatic heterocycles. The molecule has 0 spiro atoms. The Balaban J connectivity index is 1.83. The summed E-state index contributed by atoms with van der Waals surface area (Å²) >= 11 is 0. The van der Waals surface area contributed by atoms with E-state index in [9.17, 15) is 14.4 Å². The highest BCUT2D eigenvalue weighted by molar-refractivity contribution is 6.44. The molecule has 2 aromatic carbocycles. The number of benzene rings is 2. The number of urea groups is 1. The van der Waals surface area contributed by atoms with Crippen molar-refractivity contribution in [2.24, 2.45) is 0 Å². The molecule has 0 bridgehead atoms. The quantitative estimate of drug-likeness (QED) is 0.599. The summed E-state index contributed by atoms with van der Waals surface area (Å²) in [4.78, 5) is 38.4. The van der Waals surface area contributed by atoms with Gasteiger partial charge >= 0.3 is 17.8 Å². The van der Waals surface area contributed by atoms with Crippen molar-refractivity contribution in [3.05, 3.63) is 60.2 Å². The average Bonchev–Trinajstić information content (AvgIpc) is 2.82. The smallest absolute Gasteiger partial charge is 0.334 e. The van der Waals surface area contributed by atoms with Crippen LogP contribution in [-0.2, 0) is 16.1 Å². The van der Waals surface area contributed by atoms with Crippen LogP contribution in [0.3, 0.4) is 0 Å². The first-order valence-corrected chi connectivity index (χ1v) is 8.10. The van der Waals surface area contributed by atoms with Crippen molar-refractivity contribution in [1.29, 1.82) is 0 Å². The third-order valence-electron chi connectivity index (χ3n) is 3.85. The molecule has 6 nitrogen and oxygen atoms in total. The maximum atomic E-state index is 12.4. The number of hydrogen-bond donors (Lipinski definition) is 0. The Kier molecular flexibility index (Phi) is 4.79. The predicted octanol–water partition coefficient (Wildman–Crippen LogP) is 3.18. The van der Waals surface area contributed by atoms with Crippen molar-refractivity contribution in [3.8, 4) is 11.5 Å². The second-order valence-electron chi connectivity index (χ2n) is 5.65. The van der Waals surface area contributed by atoms with Gasteiger partial charge in [0.1, 0.15) is 11.5 Å². The lowest BCUT2D eigenvalue weighted by Gasteiger charge is -2.17. The van der Waals surface area contributed by atoms with Crippen LogP contribution < -0.4 is 4.74 Å². The minimum Gasteiger partial charge on any atom is -0.457 e. The lowest BCUT2D eigenvalue weighted by Crippen LogP contribution is -2.33. The topological polar surface area (TPSA) is 66.9 Å². The van der Waals surface area contributed by atoms with Gasteiger partial charge in [-0.25, -0.2) is 4.79 Å². The minimum atomic E-state index is -0.798. The lowest BCUT2D eigenvalue weighted by atomic mass is 10.2. The fraction of sp³-hybridized carbons (Fsp3) is 0.211. The number of amides is 4. The molecule has 0 saturated carbocycles. The Bertz CT molecular complexity index is 804. The average molecular weight is 338 g/mol. The molecule has 0 aliphatic carbocycles. The maximum Gasteiger partial charge on any atom is 0.334 e. The van der Waals surface area contributed by atoms with Crippen LogP contribution in [0.5, 0.6) is 11.5 Å². The van der Waals surface area contributed by atoms with Crippen LogP contribution in [0, 0.1) is 0 Å². The van der Waals surface area contributed by atoms with Crippen molar-refractivity contribution < 1.29 is 19.1 Å². The Morgan fingerprint density at radius 1 is 0.840 bits per heavy atom. The number of para-hydroxylation sites is 2. The van der Waals surface area contributed by atoms with Crippen LogP contribution in [0.4, 0.5) is 4.79 Å². The number of hydrogen-bond acceptors (Lipinski definition) is 4. The summed E-state index contributed by atoms with van der Waals surface area (Å²) in [6, 6.07) is 15.8. The Morgan fingerprint density at radius 2 is 1.48 bits per heavy atom. The number of rotatable bonds is 6. The van der Waals surface area contributed by atoms with Gasteiger partial charge in [-0.3, -0.25) is 19.4 Å². The van der Waals surface area contributed by atoms with Gasteiger partial charge in [0.2, 0.25) is 0 Å². The van der Waals surface area contributed by atoms with Crippen molar-refractivity contribution in [2.45, 2.75) is 19.9 Å². The van der Waals surface area contributed by atoms with Crippen LogP contribution >= 0.6 is 0 Å². The fourth-order valence-corrected chi connectivity index (χ4v) is 2.63. The molecule has 3 rings (SSSR count). The van der Waals surface area contributed by atoms with Gasteiger partial charge in [0.15, 0.2) is 0 Å². The van der Waals surface area contributed by atoms with Crippen LogP contribution in [0.1, 0.15) is 18.9 Å². The van der Waals surface area contributed by atoms with E-state index < -0.39 is 17.8 Å². The van der Waals surface area contributed by atoms with Crippen LogP contribution in [0.25, 0.3) is 0 Å². The molecule has 1 saturated heterocycles. The summed E-state index contributed by atoms with van der Waals surface area (Å²) in [6.45, 7) is 2.07. The Morgan fingerprint density at radius 3 is 2.20 bits per heavy atom. The molecule has 1 aliphatic heterocycles. The van der Waals surface area contributed by atoms with E-state index in [-0.39, 0.29) is 13.1 Å². The summed E-state index contributed by atoms with van der Waals surface area (Å²) in [5, 5.41) is 0. The molecule has 1 fully saturated rings. The molecule has 0 unspecified atom stereocenters. The van der Waals surface area contributed by atoms with Crippen LogP contribution in [0.15, 0.2) is 54.6 Å². The first-order valence-electron chi connectivity index (χ1n) is 8.10. The molecule has 0 radical (unpaired) electrons. The number of carbonyl (C=O) groups excluding carboxylic acids is 3. The fourth-order valence-electron chi connectivity index (χ4n) is 2.63. The first-order chi connectivity index (χ1) is 12.1. The molecule has 1 aliphatic rings. The highest BCUT2D eigenvalue weighted by Crippen LogP contribution is 2.27. The Labute approximate surface area is 145 Å². The van der Waals surface area contributed by atoms with Gasteiger partial charge in [0.25, 0.3) is 0 Å². The largest absolute Gasteiger partial charge is 0.457 e. The van der Waals surface area contributed by atoms with Gasteiger partial charge in [-0.1, -0.05) is 43.3 Å². The molecule has 6 heteroatoms. The standard InChI is InChI=1S/C19H18N2O4/c1-2-12-20-17(22)18(23)21(19(20)24)13-14-8-6-7-11-16(14)25-15-9-4-3-5-10-15/h3-11H,2,12-13H2,1H3. The highest BCUT2D eigenvalue weighted by atomic mass is 16.5. The second-order valence-corrected chi connectivity index (χ2v) is 5.65. The predicted molar refractivity (Wildman–Crippen MR) is 90.9 cm³/mol. The maximum absolute atomic E-state index is 12.4. The van der Waals surface area contributed by atoms with Gasteiger partial charge in [0, 0.05) is 12.1 Å². The molecular formula is C19H18N2O4. The van der Waals surface area contributed by atoms with Gasteiger partial charge in [-0.15, -0.1) is 0 Å². The monoisotopic (exact) mass is 338 g/mol. The summed E-state index contributed by atoms with van der Waals surface area (Å²) in [7, 11) is 0. The number of ether oxygens (including phenoxy) is 1. The van der Waals surface area contributed by atoms with E-state index in [2.05, 4.69) is 0 Å². The van der Waals surface area contributed by atoms with Gasteiger partial charge in [0.05, 0.1) is 6.54 Å². The van der Waals surface area contributed by atoms with Gasteiger partial charge < -0.3 is 4.74 Å². The molecule has 128 valence electrons. The molecule has 2 aromatic rings. The molecule has 0 atom stereocenters. The Hall–Kier alpha value is -3.15. The van der Waals surface area contributed by atoms with Crippen LogP contribution in [-0.4, -0.2) is 34.2 Å². The van der Waals surface area contributed by atoms with E-state index in [1.807, 2.05) is 43.3 Å². The second kappa shape index (κ2) is 7.17. The van der Waals surface area contributed by atoms with Gasteiger partial charge in [-0.05, 0) is 24.6 Å². The molecule has 25 heavy (non-hydrogen) atoms. The van der Waals surface area contributed by atoms with Crippen molar-refractivity contribution in [1.82, 2.24) is 9.80 Å². The third-order valence-corrected chi connectivity index (χ3v) is 3.85. The van der Waals surface area contributed by atoms with E-state index in [1.165, 1.54) is 0 Å². The number of carbonyl (C=O) groups is 3. The van der Waals surface area contributed by atoms with E-state index in [0.717, 1.165) is 9.80 Å². The van der Waals surface area contributed by atoms with Gasteiger partial charge in [-0.2, -0.15) is 0 Å². The van der Waals surface area contributed by atoms with Crippen molar-refractivity contribution >= 4 is 17.8 Å². The van der Waals surface area contributed by atoms with E-state index in [4.69, 9.17) is 4.74 Å². The zero-order chi connectivity index (χ0) is 17.8. The van der Waals surface area contributed by atoms with E-state index >= 15 is 0 Å². The molecule has 4 amide bonds. The van der Waals surface area contributed by atoms with Crippen molar-refractivity contribution in [3.63, 3.8) is 0 Å². The summed E-state index contributed by atoms with van der Waals surface area (Å²) in [5.74, 6) is -0.380. The summed E-state index contributed by atoms with van der Waals surface area (Å²) in [6.07, 6.45) is 0.603. The molecule has 0 N–H and O–H groups in total. The summed E-state index contributed by atoms with van der Waals surface area (Å²) in [5.41, 5.74) is 0.652. The minimum absolute atomic E-state index is 0.00731. The number of imide groups is 2. The highest BCUT2D eigenvalue weighted by Gasteiger charge is 2.44. The molecule has 1 heterocycles. The van der Waals surface area contributed by atoms with Crippen molar-refractivity contribution in [2.75, 3.05) is 6.54 Å². The molecular weight excluding hydrogens is 320 g/mol. The SMILES string of the molecule is CCCN1C(=O)C(=O)N(Cc2ccccc2Oc2ccccc2)C1=O. The van der Waals surface area contributed by atoms with E-state index in [0.29, 0.717) is 23.5 Å². The summed E-state index contributed by atoms with van der Waals surface area (Å²) < 4.78 is 5.84. The van der Waals surface area contributed by atoms with Crippen LogP contribution in [0.2, 0.25) is 0 Å². The zero-order valence-corrected chi connectivity index (χ0v) is 13.8. The first kappa shape index (κ1) is 16.7. The zero-order valence-electron chi connectivity index (χ0n) is 13.8. The lowest BCUT2D eigenvalue weighted by molar-refractivity contribution is -0.143.